The molecule has 0 saturated carbocycles. The second-order valence-electron chi connectivity index (χ2n) is 9.46. The minimum absolute atomic E-state index is 0.142. The zero-order valence-electron chi connectivity index (χ0n) is 19.8. The molecular weight excluding hydrogens is 498 g/mol. The number of carbonyl (C=O) groups is 1. The van der Waals surface area contributed by atoms with Crippen LogP contribution in [0.15, 0.2) is 71.6 Å². The average Bonchev–Trinajstić information content (AvgIpc) is 2.89. The number of carbonyl (C=O) groups excluding carboxylic acids is 1. The summed E-state index contributed by atoms with van der Waals surface area (Å²) in [6.45, 7) is 1.31. The number of piperidine rings is 1. The molecule has 0 aliphatic carbocycles. The smallest absolute Gasteiger partial charge is 0.253 e. The lowest BCUT2D eigenvalue weighted by Crippen LogP contribution is -2.45. The van der Waals surface area contributed by atoms with Crippen molar-refractivity contribution in [3.8, 4) is 5.75 Å². The Morgan fingerprint density at radius 1 is 1.00 bits per heavy atom. The molecule has 1 amide bonds. The Morgan fingerprint density at radius 2 is 1.72 bits per heavy atom. The first-order valence-corrected chi connectivity index (χ1v) is 14.1. The van der Waals surface area contributed by atoms with Gasteiger partial charge < -0.3 is 14.7 Å². The molecule has 2 aliphatic heterocycles. The maximum Gasteiger partial charge on any atom is 0.253 e. The zero-order valence-corrected chi connectivity index (χ0v) is 21.4. The van der Waals surface area contributed by atoms with Crippen molar-refractivity contribution in [3.05, 3.63) is 94.0 Å². The maximum absolute atomic E-state index is 13.2. The molecule has 8 heteroatoms. The Kier molecular flexibility index (Phi) is 6.81. The fourth-order valence-electron chi connectivity index (χ4n) is 5.01. The number of fused-ring (bicyclic) bond motifs is 1. The van der Waals surface area contributed by atoms with Crippen LogP contribution in [0.3, 0.4) is 0 Å². The van der Waals surface area contributed by atoms with Crippen LogP contribution >= 0.6 is 11.6 Å². The SMILES string of the molecule is O=C(c1ccc(CS(=O)(=O)c2cccc3c2OCCC3)cc1)N1CCC(O)(c2ccccc2Cl)CC1. The van der Waals surface area contributed by atoms with E-state index in [1.165, 1.54) is 0 Å². The highest BCUT2D eigenvalue weighted by atomic mass is 35.5. The van der Waals surface area contributed by atoms with Gasteiger partial charge in [-0.3, -0.25) is 4.79 Å². The first kappa shape index (κ1) is 24.8. The van der Waals surface area contributed by atoms with Crippen molar-refractivity contribution in [3.63, 3.8) is 0 Å². The summed E-state index contributed by atoms with van der Waals surface area (Å²) in [5.41, 5.74) is 1.64. The third-order valence-corrected chi connectivity index (χ3v) is 9.08. The Labute approximate surface area is 216 Å². The van der Waals surface area contributed by atoms with Crippen molar-refractivity contribution in [2.45, 2.75) is 41.9 Å². The minimum atomic E-state index is -3.61. The van der Waals surface area contributed by atoms with Gasteiger partial charge in [-0.05, 0) is 61.1 Å². The Morgan fingerprint density at radius 3 is 2.44 bits per heavy atom. The highest BCUT2D eigenvalue weighted by molar-refractivity contribution is 7.90. The summed E-state index contributed by atoms with van der Waals surface area (Å²) in [4.78, 5) is 15.0. The summed E-state index contributed by atoms with van der Waals surface area (Å²) in [6, 6.07) is 19.2. The van der Waals surface area contributed by atoms with Gasteiger partial charge in [-0.25, -0.2) is 8.42 Å². The maximum atomic E-state index is 13.2. The molecule has 0 atom stereocenters. The topological polar surface area (TPSA) is 83.9 Å². The molecule has 0 bridgehead atoms. The van der Waals surface area contributed by atoms with E-state index in [1.54, 1.807) is 47.4 Å². The summed E-state index contributed by atoms with van der Waals surface area (Å²) in [5, 5.41) is 11.6. The zero-order chi connectivity index (χ0) is 25.3. The lowest BCUT2D eigenvalue weighted by atomic mass is 9.84. The van der Waals surface area contributed by atoms with Crippen molar-refractivity contribution in [1.29, 1.82) is 0 Å². The van der Waals surface area contributed by atoms with Gasteiger partial charge in [-0.1, -0.05) is 54.1 Å². The van der Waals surface area contributed by atoms with E-state index in [-0.39, 0.29) is 16.6 Å². The molecule has 3 aromatic rings. The van der Waals surface area contributed by atoms with Crippen LogP contribution in [0.1, 0.15) is 46.3 Å². The molecule has 2 aliphatic rings. The molecule has 188 valence electrons. The number of hydrogen-bond donors (Lipinski definition) is 1. The van der Waals surface area contributed by atoms with Gasteiger partial charge in [-0.15, -0.1) is 0 Å². The van der Waals surface area contributed by atoms with Crippen LogP contribution in [0.4, 0.5) is 0 Å². The Hall–Kier alpha value is -2.87. The number of ether oxygens (including phenoxy) is 1. The molecule has 0 spiro atoms. The van der Waals surface area contributed by atoms with E-state index < -0.39 is 15.4 Å². The lowest BCUT2D eigenvalue weighted by Gasteiger charge is -2.39. The minimum Gasteiger partial charge on any atom is -0.492 e. The van der Waals surface area contributed by atoms with Crippen LogP contribution in [-0.2, 0) is 27.6 Å². The number of halogens is 1. The van der Waals surface area contributed by atoms with Gasteiger partial charge in [-0.2, -0.15) is 0 Å². The Bertz CT molecular complexity index is 1380. The third-order valence-electron chi connectivity index (χ3n) is 7.04. The number of hydrogen-bond acceptors (Lipinski definition) is 5. The number of sulfone groups is 1. The highest BCUT2D eigenvalue weighted by Gasteiger charge is 2.37. The number of benzene rings is 3. The number of aliphatic hydroxyl groups is 1. The van der Waals surface area contributed by atoms with Crippen molar-refractivity contribution in [2.24, 2.45) is 0 Å². The van der Waals surface area contributed by atoms with Crippen LogP contribution < -0.4 is 4.74 Å². The molecule has 6 nitrogen and oxygen atoms in total. The quantitative estimate of drug-likeness (QED) is 0.519. The number of para-hydroxylation sites is 1. The van der Waals surface area contributed by atoms with Crippen molar-refractivity contribution in [1.82, 2.24) is 4.90 Å². The van der Waals surface area contributed by atoms with Gasteiger partial charge in [0.2, 0.25) is 0 Å². The molecule has 5 rings (SSSR count). The monoisotopic (exact) mass is 525 g/mol. The first-order chi connectivity index (χ1) is 17.3. The van der Waals surface area contributed by atoms with Crippen molar-refractivity contribution < 1.29 is 23.1 Å². The van der Waals surface area contributed by atoms with E-state index in [4.69, 9.17) is 16.3 Å². The molecule has 2 heterocycles. The first-order valence-electron chi connectivity index (χ1n) is 12.1. The van der Waals surface area contributed by atoms with Crippen LogP contribution in [0.5, 0.6) is 5.75 Å². The molecule has 0 radical (unpaired) electrons. The summed E-state index contributed by atoms with van der Waals surface area (Å²) in [7, 11) is -3.61. The van der Waals surface area contributed by atoms with Gasteiger partial charge in [0, 0.05) is 29.2 Å². The van der Waals surface area contributed by atoms with E-state index in [2.05, 4.69) is 0 Å². The number of amides is 1. The van der Waals surface area contributed by atoms with Gasteiger partial charge in [0.15, 0.2) is 9.84 Å². The van der Waals surface area contributed by atoms with Crippen LogP contribution in [0, 0.1) is 0 Å². The van der Waals surface area contributed by atoms with E-state index in [9.17, 15) is 18.3 Å². The summed E-state index contributed by atoms with van der Waals surface area (Å²) in [5.74, 6) is 0.157. The van der Waals surface area contributed by atoms with Gasteiger partial charge in [0.1, 0.15) is 10.6 Å². The lowest BCUT2D eigenvalue weighted by molar-refractivity contribution is -0.0210. The molecule has 3 aromatic carbocycles. The van der Waals surface area contributed by atoms with E-state index in [0.29, 0.717) is 60.0 Å². The normalized spacial score (nSPS) is 17.2. The summed E-state index contributed by atoms with van der Waals surface area (Å²) in [6.07, 6.45) is 2.47. The molecule has 1 saturated heterocycles. The van der Waals surface area contributed by atoms with Crippen molar-refractivity contribution >= 4 is 27.3 Å². The summed E-state index contributed by atoms with van der Waals surface area (Å²) >= 11 is 6.29. The predicted octanol–water partition coefficient (Wildman–Crippen LogP) is 4.76. The average molecular weight is 526 g/mol. The van der Waals surface area contributed by atoms with Crippen LogP contribution in [0.2, 0.25) is 5.02 Å². The number of rotatable bonds is 5. The fourth-order valence-corrected chi connectivity index (χ4v) is 6.87. The van der Waals surface area contributed by atoms with Crippen molar-refractivity contribution in [2.75, 3.05) is 19.7 Å². The second-order valence-corrected chi connectivity index (χ2v) is 11.8. The highest BCUT2D eigenvalue weighted by Crippen LogP contribution is 2.37. The number of nitrogens with zero attached hydrogens (tertiary/aromatic N) is 1. The molecule has 0 unspecified atom stereocenters. The largest absolute Gasteiger partial charge is 0.492 e. The van der Waals surface area contributed by atoms with Crippen LogP contribution in [-0.4, -0.2) is 44.0 Å². The summed E-state index contributed by atoms with van der Waals surface area (Å²) < 4.78 is 32.0. The van der Waals surface area contributed by atoms with Crippen LogP contribution in [0.25, 0.3) is 0 Å². The standard InChI is InChI=1S/C28H28ClNO5S/c29-24-8-2-1-7-23(24)28(32)14-16-30(17-15-28)27(31)22-12-10-20(11-13-22)19-36(33,34)25-9-3-5-21-6-4-18-35-26(21)25/h1-3,5,7-13,32H,4,6,14-19H2. The molecule has 0 aromatic heterocycles. The van der Waals surface area contributed by atoms with E-state index in [1.807, 2.05) is 24.3 Å². The molecular formula is C28H28ClNO5S. The van der Waals surface area contributed by atoms with Gasteiger partial charge in [0.05, 0.1) is 18.0 Å². The van der Waals surface area contributed by atoms with E-state index >= 15 is 0 Å². The molecule has 36 heavy (non-hydrogen) atoms. The number of likely N-dealkylation sites (tertiary alicyclic amines) is 1. The Balaban J connectivity index is 1.26. The third kappa shape index (κ3) is 4.88. The van der Waals surface area contributed by atoms with Gasteiger partial charge in [0.25, 0.3) is 5.91 Å². The molecule has 1 fully saturated rings. The molecule has 1 N–H and O–H groups in total. The van der Waals surface area contributed by atoms with Gasteiger partial charge >= 0.3 is 0 Å². The second kappa shape index (κ2) is 9.88. The van der Waals surface area contributed by atoms with E-state index in [0.717, 1.165) is 18.4 Å². The fraction of sp³-hybridized carbons (Fsp3) is 0.321. The predicted molar refractivity (Wildman–Crippen MR) is 138 cm³/mol. The number of aryl methyl sites for hydroxylation is 1.